The molecule has 1 atom stereocenters. The maximum absolute atomic E-state index is 10.7. The molecule has 1 aromatic carbocycles. The lowest BCUT2D eigenvalue weighted by atomic mass is 10.0. The summed E-state index contributed by atoms with van der Waals surface area (Å²) in [5.41, 5.74) is 3.16. The van der Waals surface area contributed by atoms with Crippen molar-refractivity contribution >= 4 is 6.29 Å². The standard InChI is InChI=1S/C17H22O4/c1-12(2)17(21-20)9-5-13(3)4-7-15-10-14(11-18)6-8-16(15)19/h4,6,8,10-11,17,19-20H,1,5,7,9H2,2-3H3/b13-4+. The van der Waals surface area contributed by atoms with Gasteiger partial charge in [0.1, 0.15) is 18.1 Å². The fourth-order valence-corrected chi connectivity index (χ4v) is 1.98. The number of allylic oxidation sites excluding steroid dienone is 2. The summed E-state index contributed by atoms with van der Waals surface area (Å²) in [5, 5.41) is 18.5. The molecular weight excluding hydrogens is 268 g/mol. The molecule has 0 radical (unpaired) electrons. The van der Waals surface area contributed by atoms with Gasteiger partial charge < -0.3 is 5.11 Å². The molecule has 0 heterocycles. The molecule has 0 aliphatic rings. The Labute approximate surface area is 125 Å². The number of benzene rings is 1. The number of phenolic OH excluding ortho intramolecular Hbond substituents is 1. The first-order valence-electron chi connectivity index (χ1n) is 6.86. The van der Waals surface area contributed by atoms with Crippen molar-refractivity contribution < 1.29 is 20.0 Å². The van der Waals surface area contributed by atoms with Crippen molar-refractivity contribution in [3.05, 3.63) is 53.1 Å². The molecule has 1 rings (SSSR count). The smallest absolute Gasteiger partial charge is 0.150 e. The van der Waals surface area contributed by atoms with Crippen LogP contribution in [0.3, 0.4) is 0 Å². The predicted molar refractivity (Wildman–Crippen MR) is 82.5 cm³/mol. The molecule has 0 aromatic heterocycles. The summed E-state index contributed by atoms with van der Waals surface area (Å²) in [4.78, 5) is 15.1. The summed E-state index contributed by atoms with van der Waals surface area (Å²) in [6.07, 6.45) is 4.35. The lowest BCUT2D eigenvalue weighted by Gasteiger charge is -2.13. The summed E-state index contributed by atoms with van der Waals surface area (Å²) in [7, 11) is 0. The quantitative estimate of drug-likeness (QED) is 0.330. The number of rotatable bonds is 8. The average molecular weight is 290 g/mol. The average Bonchev–Trinajstić information content (AvgIpc) is 2.46. The summed E-state index contributed by atoms with van der Waals surface area (Å²) >= 11 is 0. The number of carbonyl (C=O) groups excluding carboxylic acids is 1. The molecule has 0 saturated carbocycles. The third-order valence-electron chi connectivity index (χ3n) is 3.39. The maximum atomic E-state index is 10.7. The lowest BCUT2D eigenvalue weighted by Crippen LogP contribution is -2.11. The minimum absolute atomic E-state index is 0.183. The van der Waals surface area contributed by atoms with Gasteiger partial charge in [-0.25, -0.2) is 4.89 Å². The van der Waals surface area contributed by atoms with Crippen LogP contribution in [-0.2, 0) is 11.3 Å². The summed E-state index contributed by atoms with van der Waals surface area (Å²) in [6.45, 7) is 7.55. The third kappa shape index (κ3) is 5.53. The molecule has 21 heavy (non-hydrogen) atoms. The van der Waals surface area contributed by atoms with Crippen molar-refractivity contribution in [1.29, 1.82) is 0 Å². The second kappa shape index (κ2) is 8.39. The van der Waals surface area contributed by atoms with E-state index in [0.29, 0.717) is 24.0 Å². The molecule has 0 spiro atoms. The highest BCUT2D eigenvalue weighted by Gasteiger charge is 2.09. The molecule has 0 bridgehead atoms. The highest BCUT2D eigenvalue weighted by atomic mass is 17.1. The molecule has 0 saturated heterocycles. The van der Waals surface area contributed by atoms with Crippen LogP contribution in [-0.4, -0.2) is 22.8 Å². The van der Waals surface area contributed by atoms with Crippen molar-refractivity contribution in [2.24, 2.45) is 0 Å². The number of carbonyl (C=O) groups is 1. The first-order chi connectivity index (χ1) is 9.97. The number of hydrogen-bond acceptors (Lipinski definition) is 4. The van der Waals surface area contributed by atoms with E-state index >= 15 is 0 Å². The van der Waals surface area contributed by atoms with Gasteiger partial charge in [0, 0.05) is 5.56 Å². The minimum Gasteiger partial charge on any atom is -0.508 e. The van der Waals surface area contributed by atoms with Crippen molar-refractivity contribution in [2.75, 3.05) is 0 Å². The molecule has 1 unspecified atom stereocenters. The normalized spacial score (nSPS) is 13.0. The van der Waals surface area contributed by atoms with Gasteiger partial charge in [-0.2, -0.15) is 0 Å². The molecule has 4 heteroatoms. The Balaban J connectivity index is 2.63. The van der Waals surface area contributed by atoms with Gasteiger partial charge in [-0.05, 0) is 62.4 Å². The first-order valence-corrected chi connectivity index (χ1v) is 6.86. The van der Waals surface area contributed by atoms with Crippen LogP contribution in [0.25, 0.3) is 0 Å². The fourth-order valence-electron chi connectivity index (χ4n) is 1.98. The molecule has 4 nitrogen and oxygen atoms in total. The number of aldehydes is 1. The molecular formula is C17H22O4. The Morgan fingerprint density at radius 1 is 1.43 bits per heavy atom. The van der Waals surface area contributed by atoms with Crippen LogP contribution in [0, 0.1) is 0 Å². The fraction of sp³-hybridized carbons (Fsp3) is 0.353. The molecule has 2 N–H and O–H groups in total. The van der Waals surface area contributed by atoms with Gasteiger partial charge in [-0.3, -0.25) is 10.1 Å². The van der Waals surface area contributed by atoms with Crippen LogP contribution in [0.4, 0.5) is 0 Å². The van der Waals surface area contributed by atoms with E-state index < -0.39 is 0 Å². The van der Waals surface area contributed by atoms with Gasteiger partial charge in [0.25, 0.3) is 0 Å². The van der Waals surface area contributed by atoms with E-state index in [9.17, 15) is 9.90 Å². The third-order valence-corrected chi connectivity index (χ3v) is 3.39. The van der Waals surface area contributed by atoms with Gasteiger partial charge in [0.05, 0.1) is 0 Å². The number of hydrogen-bond donors (Lipinski definition) is 2. The molecule has 0 fully saturated rings. The Kier molecular flexibility index (Phi) is 6.85. The maximum Gasteiger partial charge on any atom is 0.150 e. The van der Waals surface area contributed by atoms with E-state index in [2.05, 4.69) is 11.5 Å². The lowest BCUT2D eigenvalue weighted by molar-refractivity contribution is -0.269. The van der Waals surface area contributed by atoms with Crippen LogP contribution in [0.5, 0.6) is 5.75 Å². The molecule has 0 aliphatic carbocycles. The topological polar surface area (TPSA) is 66.8 Å². The number of phenols is 1. The Morgan fingerprint density at radius 2 is 2.14 bits per heavy atom. The van der Waals surface area contributed by atoms with Crippen LogP contribution >= 0.6 is 0 Å². The Morgan fingerprint density at radius 3 is 2.71 bits per heavy atom. The van der Waals surface area contributed by atoms with Crippen LogP contribution in [0.2, 0.25) is 0 Å². The summed E-state index contributed by atoms with van der Waals surface area (Å²) < 4.78 is 0. The van der Waals surface area contributed by atoms with Gasteiger partial charge >= 0.3 is 0 Å². The van der Waals surface area contributed by atoms with Crippen molar-refractivity contribution in [3.8, 4) is 5.75 Å². The first kappa shape index (κ1) is 17.1. The van der Waals surface area contributed by atoms with Crippen LogP contribution < -0.4 is 0 Å². The second-order valence-electron chi connectivity index (χ2n) is 5.24. The van der Waals surface area contributed by atoms with Crippen molar-refractivity contribution in [3.63, 3.8) is 0 Å². The van der Waals surface area contributed by atoms with E-state index in [-0.39, 0.29) is 11.9 Å². The van der Waals surface area contributed by atoms with Gasteiger partial charge in [0.15, 0.2) is 0 Å². The molecule has 0 amide bonds. The van der Waals surface area contributed by atoms with E-state index in [1.807, 2.05) is 19.9 Å². The Hall–Kier alpha value is -1.91. The van der Waals surface area contributed by atoms with Gasteiger partial charge in [-0.1, -0.05) is 18.2 Å². The second-order valence-corrected chi connectivity index (χ2v) is 5.24. The zero-order valence-corrected chi connectivity index (χ0v) is 12.5. The van der Waals surface area contributed by atoms with E-state index in [4.69, 9.17) is 5.26 Å². The van der Waals surface area contributed by atoms with E-state index in [1.54, 1.807) is 12.1 Å². The van der Waals surface area contributed by atoms with E-state index in [0.717, 1.165) is 23.9 Å². The van der Waals surface area contributed by atoms with Crippen LogP contribution in [0.15, 0.2) is 42.0 Å². The molecule has 1 aromatic rings. The van der Waals surface area contributed by atoms with E-state index in [1.165, 1.54) is 6.07 Å². The predicted octanol–water partition coefficient (Wildman–Crippen LogP) is 3.91. The van der Waals surface area contributed by atoms with Crippen molar-refractivity contribution in [2.45, 2.75) is 39.2 Å². The van der Waals surface area contributed by atoms with Crippen LogP contribution in [0.1, 0.15) is 42.6 Å². The largest absolute Gasteiger partial charge is 0.508 e. The summed E-state index contributed by atoms with van der Waals surface area (Å²) in [6, 6.07) is 4.79. The monoisotopic (exact) mass is 290 g/mol. The minimum atomic E-state index is -0.361. The SMILES string of the molecule is C=C(C)C(CC/C(C)=C/Cc1cc(C=O)ccc1O)OO. The number of aromatic hydroxyl groups is 1. The van der Waals surface area contributed by atoms with Gasteiger partial charge in [-0.15, -0.1) is 0 Å². The Bertz CT molecular complexity index is 532. The van der Waals surface area contributed by atoms with Gasteiger partial charge in [0.2, 0.25) is 0 Å². The summed E-state index contributed by atoms with van der Waals surface area (Å²) in [5.74, 6) is 0.183. The highest BCUT2D eigenvalue weighted by Crippen LogP contribution is 2.20. The van der Waals surface area contributed by atoms with Crippen molar-refractivity contribution in [1.82, 2.24) is 0 Å². The highest BCUT2D eigenvalue weighted by molar-refractivity contribution is 5.75. The molecule has 0 aliphatic heterocycles. The molecule has 114 valence electrons. The zero-order valence-electron chi connectivity index (χ0n) is 12.5. The zero-order chi connectivity index (χ0) is 15.8.